The third kappa shape index (κ3) is 58.3. The third-order valence-corrected chi connectivity index (χ3v) is 14.1. The van der Waals surface area contributed by atoms with Gasteiger partial charge in [-0.05, 0) is 57.8 Å². The van der Waals surface area contributed by atoms with Gasteiger partial charge in [0.05, 0.1) is 0 Å². The number of carbonyl (C=O) groups excluding carboxylic acids is 3. The highest BCUT2D eigenvalue weighted by Gasteiger charge is 2.19. The van der Waals surface area contributed by atoms with Gasteiger partial charge < -0.3 is 14.2 Å². The van der Waals surface area contributed by atoms with Crippen LogP contribution in [0, 0.1) is 0 Å². The van der Waals surface area contributed by atoms with E-state index in [9.17, 15) is 14.4 Å². The van der Waals surface area contributed by atoms with Crippen molar-refractivity contribution in [1.29, 1.82) is 0 Å². The SMILES string of the molecule is CC/C=C\C/C=C\C/C=C\C/C=C\CCCCCCCCCCCCCCCCCCCCCCC(=O)OCC(COC(=O)CCCCCCCCCCC)OC(=O)CCCCCCCCCCCCCC. The van der Waals surface area contributed by atoms with Crippen LogP contribution < -0.4 is 0 Å². The van der Waals surface area contributed by atoms with E-state index in [1.165, 1.54) is 212 Å². The lowest BCUT2D eigenvalue weighted by Crippen LogP contribution is -2.30. The molecule has 0 bridgehead atoms. The van der Waals surface area contributed by atoms with Gasteiger partial charge in [-0.25, -0.2) is 0 Å². The molecule has 0 aliphatic carbocycles. The smallest absolute Gasteiger partial charge is 0.306 e. The summed E-state index contributed by atoms with van der Waals surface area (Å²) in [6, 6.07) is 0. The van der Waals surface area contributed by atoms with Crippen LogP contribution in [-0.2, 0) is 28.6 Å². The Labute approximate surface area is 448 Å². The minimum absolute atomic E-state index is 0.0658. The van der Waals surface area contributed by atoms with Crippen molar-refractivity contribution in [3.63, 3.8) is 0 Å². The molecule has 0 saturated carbocycles. The Kier molecular flexibility index (Phi) is 58.7. The summed E-state index contributed by atoms with van der Waals surface area (Å²) in [5.41, 5.74) is 0. The zero-order valence-electron chi connectivity index (χ0n) is 48.2. The van der Waals surface area contributed by atoms with Crippen LogP contribution in [0.25, 0.3) is 0 Å². The number of rotatable bonds is 58. The molecule has 0 N–H and O–H groups in total. The molecular formula is C66H120O6. The fourth-order valence-corrected chi connectivity index (χ4v) is 9.38. The molecule has 0 fully saturated rings. The fraction of sp³-hybridized carbons (Fsp3) is 0.833. The number of hydrogen-bond acceptors (Lipinski definition) is 6. The van der Waals surface area contributed by atoms with Crippen molar-refractivity contribution in [3.05, 3.63) is 48.6 Å². The summed E-state index contributed by atoms with van der Waals surface area (Å²) < 4.78 is 16.8. The van der Waals surface area contributed by atoms with E-state index in [0.717, 1.165) is 83.5 Å². The first-order valence-corrected chi connectivity index (χ1v) is 31.6. The highest BCUT2D eigenvalue weighted by molar-refractivity contribution is 5.71. The number of unbranched alkanes of at least 4 members (excludes halogenated alkanes) is 39. The second-order valence-corrected chi connectivity index (χ2v) is 21.3. The predicted molar refractivity (Wildman–Crippen MR) is 312 cm³/mol. The highest BCUT2D eigenvalue weighted by Crippen LogP contribution is 2.18. The summed E-state index contributed by atoms with van der Waals surface area (Å²) in [7, 11) is 0. The van der Waals surface area contributed by atoms with Gasteiger partial charge in [0.15, 0.2) is 6.10 Å². The average molecular weight is 1010 g/mol. The minimum Gasteiger partial charge on any atom is -0.462 e. The Morgan fingerprint density at radius 3 is 0.847 bits per heavy atom. The molecule has 0 radical (unpaired) electrons. The molecule has 1 unspecified atom stereocenters. The Bertz CT molecular complexity index is 1250. The number of allylic oxidation sites excluding steroid dienone is 8. The molecule has 0 rings (SSSR count). The van der Waals surface area contributed by atoms with Crippen LogP contribution in [0.2, 0.25) is 0 Å². The van der Waals surface area contributed by atoms with E-state index in [1.54, 1.807) is 0 Å². The summed E-state index contributed by atoms with van der Waals surface area (Å²) in [4.78, 5) is 38.0. The molecule has 6 heteroatoms. The van der Waals surface area contributed by atoms with Gasteiger partial charge >= 0.3 is 17.9 Å². The first-order chi connectivity index (χ1) is 35.5. The second-order valence-electron chi connectivity index (χ2n) is 21.3. The van der Waals surface area contributed by atoms with Gasteiger partial charge in [0.1, 0.15) is 13.2 Å². The van der Waals surface area contributed by atoms with E-state index >= 15 is 0 Å². The van der Waals surface area contributed by atoms with E-state index < -0.39 is 6.10 Å². The van der Waals surface area contributed by atoms with Crippen molar-refractivity contribution >= 4 is 17.9 Å². The van der Waals surface area contributed by atoms with Crippen molar-refractivity contribution in [3.8, 4) is 0 Å². The van der Waals surface area contributed by atoms with Gasteiger partial charge in [0.25, 0.3) is 0 Å². The normalized spacial score (nSPS) is 12.3. The number of hydrogen-bond donors (Lipinski definition) is 0. The standard InChI is InChI=1S/C66H120O6/c1-4-7-10-13-16-19-21-23-24-25-26-27-28-29-30-31-32-33-34-35-36-37-38-39-40-41-42-43-45-47-50-53-56-59-65(68)71-62-63(61-70-64(67)58-55-52-49-46-18-15-12-9-6-3)72-66(69)60-57-54-51-48-44-22-20-17-14-11-8-5-2/h7,10,16,19,23-24,26-27,63H,4-6,8-9,11-15,17-18,20-22,25,28-62H2,1-3H3/b10-7-,19-16-,24-23-,27-26-. The van der Waals surface area contributed by atoms with Crippen LogP contribution in [-0.4, -0.2) is 37.2 Å². The number of ether oxygens (including phenoxy) is 3. The molecular weight excluding hydrogens is 889 g/mol. The third-order valence-electron chi connectivity index (χ3n) is 14.1. The molecule has 0 aromatic heterocycles. The molecule has 1 atom stereocenters. The quantitative estimate of drug-likeness (QED) is 0.0261. The van der Waals surface area contributed by atoms with Gasteiger partial charge in [-0.15, -0.1) is 0 Å². The maximum atomic E-state index is 12.8. The molecule has 0 spiro atoms. The highest BCUT2D eigenvalue weighted by atomic mass is 16.6. The zero-order valence-corrected chi connectivity index (χ0v) is 48.2. The topological polar surface area (TPSA) is 78.9 Å². The first-order valence-electron chi connectivity index (χ1n) is 31.6. The zero-order chi connectivity index (χ0) is 52.2. The van der Waals surface area contributed by atoms with Crippen molar-refractivity contribution in [2.75, 3.05) is 13.2 Å². The lowest BCUT2D eigenvalue weighted by atomic mass is 10.0. The molecule has 0 aromatic rings. The molecule has 0 aliphatic rings. The maximum absolute atomic E-state index is 12.8. The Morgan fingerprint density at radius 2 is 0.542 bits per heavy atom. The van der Waals surface area contributed by atoms with Crippen molar-refractivity contribution in [1.82, 2.24) is 0 Å². The summed E-state index contributed by atoms with van der Waals surface area (Å²) in [5, 5.41) is 0. The lowest BCUT2D eigenvalue weighted by molar-refractivity contribution is -0.167. The Balaban J connectivity index is 3.97. The van der Waals surface area contributed by atoms with Gasteiger partial charge in [-0.2, -0.15) is 0 Å². The first kappa shape index (κ1) is 69.4. The number of carbonyl (C=O) groups is 3. The lowest BCUT2D eigenvalue weighted by Gasteiger charge is -2.18. The van der Waals surface area contributed by atoms with E-state index in [4.69, 9.17) is 14.2 Å². The Hall–Kier alpha value is -2.63. The van der Waals surface area contributed by atoms with Crippen LogP contribution in [0.4, 0.5) is 0 Å². The second kappa shape index (κ2) is 60.9. The minimum atomic E-state index is -0.764. The Morgan fingerprint density at radius 1 is 0.292 bits per heavy atom. The summed E-state index contributed by atoms with van der Waals surface area (Å²) in [5.74, 6) is -0.849. The average Bonchev–Trinajstić information content (AvgIpc) is 3.38. The van der Waals surface area contributed by atoms with Gasteiger partial charge in [-0.1, -0.05) is 307 Å². The van der Waals surface area contributed by atoms with Crippen molar-refractivity contribution in [2.24, 2.45) is 0 Å². The monoisotopic (exact) mass is 1010 g/mol. The summed E-state index contributed by atoms with van der Waals surface area (Å²) in [6.45, 7) is 6.54. The molecule has 420 valence electrons. The molecule has 0 amide bonds. The predicted octanol–water partition coefficient (Wildman–Crippen LogP) is 21.4. The summed E-state index contributed by atoms with van der Waals surface area (Å²) in [6.07, 6.45) is 75.8. The van der Waals surface area contributed by atoms with E-state index in [0.29, 0.717) is 19.3 Å². The molecule has 0 saturated heterocycles. The maximum Gasteiger partial charge on any atom is 0.306 e. The van der Waals surface area contributed by atoms with E-state index in [2.05, 4.69) is 69.4 Å². The van der Waals surface area contributed by atoms with Crippen molar-refractivity contribution in [2.45, 2.75) is 341 Å². The van der Waals surface area contributed by atoms with Crippen LogP contribution in [0.5, 0.6) is 0 Å². The van der Waals surface area contributed by atoms with Gasteiger partial charge in [-0.3, -0.25) is 14.4 Å². The molecule has 72 heavy (non-hydrogen) atoms. The molecule has 0 aliphatic heterocycles. The number of esters is 3. The van der Waals surface area contributed by atoms with Gasteiger partial charge in [0.2, 0.25) is 0 Å². The van der Waals surface area contributed by atoms with Gasteiger partial charge in [0, 0.05) is 19.3 Å². The fourth-order valence-electron chi connectivity index (χ4n) is 9.38. The van der Waals surface area contributed by atoms with Crippen LogP contribution in [0.1, 0.15) is 335 Å². The summed E-state index contributed by atoms with van der Waals surface area (Å²) >= 11 is 0. The van der Waals surface area contributed by atoms with Crippen molar-refractivity contribution < 1.29 is 28.6 Å². The van der Waals surface area contributed by atoms with E-state index in [-0.39, 0.29) is 31.1 Å². The van der Waals surface area contributed by atoms with Crippen LogP contribution in [0.15, 0.2) is 48.6 Å². The molecule has 6 nitrogen and oxygen atoms in total. The van der Waals surface area contributed by atoms with Crippen LogP contribution in [0.3, 0.4) is 0 Å². The van der Waals surface area contributed by atoms with Crippen LogP contribution >= 0.6 is 0 Å². The molecule has 0 aromatic carbocycles. The van der Waals surface area contributed by atoms with E-state index in [1.807, 2.05) is 0 Å². The largest absolute Gasteiger partial charge is 0.462 e. The molecule has 0 heterocycles.